The molecule has 1 aromatic carbocycles. The summed E-state index contributed by atoms with van der Waals surface area (Å²) in [6, 6.07) is 2.20. The van der Waals surface area contributed by atoms with Crippen LogP contribution in [0.2, 0.25) is 0 Å². The average Bonchev–Trinajstić information content (AvgIpc) is 2.24. The van der Waals surface area contributed by atoms with Gasteiger partial charge in [0.1, 0.15) is 6.10 Å². The minimum atomic E-state index is -1.22. The van der Waals surface area contributed by atoms with Crippen LogP contribution in [0.1, 0.15) is 17.2 Å². The Morgan fingerprint density at radius 2 is 1.93 bits per heavy atom. The van der Waals surface area contributed by atoms with Gasteiger partial charge in [-0.15, -0.1) is 0 Å². The summed E-state index contributed by atoms with van der Waals surface area (Å²) in [6.45, 7) is 1.36. The molecule has 0 bridgehead atoms. The Bertz CT molecular complexity index is 358. The fraction of sp³-hybridized carbons (Fsp3) is 0.400. The van der Waals surface area contributed by atoms with Crippen molar-refractivity contribution < 1.29 is 19.0 Å². The van der Waals surface area contributed by atoms with Gasteiger partial charge >= 0.3 is 0 Å². The van der Waals surface area contributed by atoms with E-state index in [-0.39, 0.29) is 16.5 Å². The molecule has 0 aliphatic rings. The van der Waals surface area contributed by atoms with Crippen LogP contribution in [0, 0.1) is 18.6 Å². The van der Waals surface area contributed by atoms with Gasteiger partial charge in [-0.2, -0.15) is 0 Å². The maximum absolute atomic E-state index is 13.1. The van der Waals surface area contributed by atoms with Crippen molar-refractivity contribution in [3.63, 3.8) is 0 Å². The molecule has 0 heterocycles. The first-order valence-corrected chi connectivity index (χ1v) is 5.47. The third kappa shape index (κ3) is 2.53. The van der Waals surface area contributed by atoms with E-state index in [2.05, 4.69) is 15.9 Å². The van der Waals surface area contributed by atoms with Crippen LogP contribution < -0.4 is 0 Å². The highest BCUT2D eigenvalue weighted by atomic mass is 79.9. The largest absolute Gasteiger partial charge is 0.389 e. The first kappa shape index (κ1) is 12.5. The summed E-state index contributed by atoms with van der Waals surface area (Å²) in [6.07, 6.45) is -2.27. The summed E-state index contributed by atoms with van der Waals surface area (Å²) in [7, 11) is 0. The zero-order valence-corrected chi connectivity index (χ0v) is 9.63. The molecule has 2 nitrogen and oxygen atoms in total. The predicted molar refractivity (Wildman–Crippen MR) is 55.9 cm³/mol. The highest BCUT2D eigenvalue weighted by Crippen LogP contribution is 2.24. The summed E-state index contributed by atoms with van der Waals surface area (Å²) in [5.41, 5.74) is 0.211. The highest BCUT2D eigenvalue weighted by molar-refractivity contribution is 9.09. The van der Waals surface area contributed by atoms with Crippen LogP contribution in [0.5, 0.6) is 0 Å². The minimum absolute atomic E-state index is 0.0162. The molecule has 0 saturated carbocycles. The summed E-state index contributed by atoms with van der Waals surface area (Å²) in [5, 5.41) is 19.1. The quantitative estimate of drug-likeness (QED) is 0.833. The molecule has 84 valence electrons. The van der Waals surface area contributed by atoms with E-state index >= 15 is 0 Å². The monoisotopic (exact) mass is 280 g/mol. The molecule has 0 fully saturated rings. The molecule has 0 radical (unpaired) electrons. The van der Waals surface area contributed by atoms with Crippen molar-refractivity contribution in [2.24, 2.45) is 0 Å². The van der Waals surface area contributed by atoms with Crippen molar-refractivity contribution >= 4 is 15.9 Å². The van der Waals surface area contributed by atoms with Gasteiger partial charge in [0.05, 0.1) is 6.10 Å². The van der Waals surface area contributed by atoms with Gasteiger partial charge in [-0.05, 0) is 24.1 Å². The Morgan fingerprint density at radius 1 is 1.33 bits per heavy atom. The summed E-state index contributed by atoms with van der Waals surface area (Å²) in [4.78, 5) is 0. The van der Waals surface area contributed by atoms with Crippen molar-refractivity contribution in [1.29, 1.82) is 0 Å². The van der Waals surface area contributed by atoms with Crippen molar-refractivity contribution in [3.8, 4) is 0 Å². The zero-order chi connectivity index (χ0) is 11.6. The van der Waals surface area contributed by atoms with E-state index in [4.69, 9.17) is 0 Å². The second-order valence-electron chi connectivity index (χ2n) is 3.24. The lowest BCUT2D eigenvalue weighted by Gasteiger charge is -2.18. The maximum atomic E-state index is 13.1. The van der Waals surface area contributed by atoms with Gasteiger partial charge in [-0.25, -0.2) is 8.78 Å². The van der Waals surface area contributed by atoms with Crippen molar-refractivity contribution in [1.82, 2.24) is 0 Å². The minimum Gasteiger partial charge on any atom is -0.389 e. The predicted octanol–water partition coefficient (Wildman–Crippen LogP) is 2.06. The van der Waals surface area contributed by atoms with Crippen molar-refractivity contribution in [2.75, 3.05) is 5.33 Å². The Kier molecular flexibility index (Phi) is 4.19. The fourth-order valence-corrected chi connectivity index (χ4v) is 1.63. The number of halogens is 3. The Labute approximate surface area is 94.7 Å². The topological polar surface area (TPSA) is 40.5 Å². The molecule has 0 aromatic heterocycles. The number of hydrogen-bond acceptors (Lipinski definition) is 2. The molecule has 2 N–H and O–H groups in total. The molecular weight excluding hydrogens is 270 g/mol. The Hall–Kier alpha value is -0.520. The number of alkyl halides is 1. The lowest BCUT2D eigenvalue weighted by Crippen LogP contribution is -2.20. The normalized spacial score (nSPS) is 15.1. The zero-order valence-electron chi connectivity index (χ0n) is 8.04. The van der Waals surface area contributed by atoms with Crippen molar-refractivity contribution in [3.05, 3.63) is 34.9 Å². The van der Waals surface area contributed by atoms with Gasteiger partial charge in [0.25, 0.3) is 0 Å². The third-order valence-corrected chi connectivity index (χ3v) is 2.89. The lowest BCUT2D eigenvalue weighted by molar-refractivity contribution is 0.0336. The number of rotatable bonds is 3. The van der Waals surface area contributed by atoms with E-state index in [0.29, 0.717) is 0 Å². The van der Waals surface area contributed by atoms with Gasteiger partial charge in [-0.1, -0.05) is 22.0 Å². The van der Waals surface area contributed by atoms with E-state index in [1.165, 1.54) is 13.0 Å². The molecule has 15 heavy (non-hydrogen) atoms. The summed E-state index contributed by atoms with van der Waals surface area (Å²) in [5.74, 6) is -1.95. The van der Waals surface area contributed by atoms with Gasteiger partial charge in [-0.3, -0.25) is 0 Å². The number of aliphatic hydroxyl groups is 2. The molecular formula is C10H11BrF2O2. The molecule has 0 aliphatic heterocycles. The van der Waals surface area contributed by atoms with Crippen LogP contribution in [0.4, 0.5) is 8.78 Å². The summed E-state index contributed by atoms with van der Waals surface area (Å²) >= 11 is 2.99. The standard InChI is InChI=1S/C10H11BrF2O2/c1-5-6(10(15)8(14)4-11)2-3-7(12)9(5)13/h2-3,8,10,14-15H,4H2,1H3. The number of benzene rings is 1. The van der Waals surface area contributed by atoms with Crippen LogP contribution in [0.15, 0.2) is 12.1 Å². The SMILES string of the molecule is Cc1c(C(O)C(O)CBr)ccc(F)c1F. The van der Waals surface area contributed by atoms with E-state index in [9.17, 15) is 19.0 Å². The molecule has 2 atom stereocenters. The van der Waals surface area contributed by atoms with Crippen LogP contribution in [0.3, 0.4) is 0 Å². The molecule has 1 aromatic rings. The molecule has 0 saturated heterocycles. The molecule has 5 heteroatoms. The molecule has 0 spiro atoms. The van der Waals surface area contributed by atoms with Crippen LogP contribution in [0.25, 0.3) is 0 Å². The maximum Gasteiger partial charge on any atom is 0.162 e. The van der Waals surface area contributed by atoms with Gasteiger partial charge < -0.3 is 10.2 Å². The van der Waals surface area contributed by atoms with Crippen LogP contribution in [-0.2, 0) is 0 Å². The molecule has 0 aliphatic carbocycles. The van der Waals surface area contributed by atoms with E-state index < -0.39 is 23.8 Å². The number of aliphatic hydroxyl groups excluding tert-OH is 2. The molecule has 0 amide bonds. The van der Waals surface area contributed by atoms with E-state index in [1.807, 2.05) is 0 Å². The smallest absolute Gasteiger partial charge is 0.162 e. The molecule has 2 unspecified atom stereocenters. The second-order valence-corrected chi connectivity index (χ2v) is 3.89. The second kappa shape index (κ2) is 5.01. The highest BCUT2D eigenvalue weighted by Gasteiger charge is 2.21. The average molecular weight is 281 g/mol. The first-order chi connectivity index (χ1) is 6.99. The van der Waals surface area contributed by atoms with Crippen LogP contribution in [-0.4, -0.2) is 21.6 Å². The lowest BCUT2D eigenvalue weighted by atomic mass is 9.99. The Balaban J connectivity index is 3.10. The molecule has 1 rings (SSSR count). The summed E-state index contributed by atoms with van der Waals surface area (Å²) < 4.78 is 25.9. The Morgan fingerprint density at radius 3 is 2.47 bits per heavy atom. The van der Waals surface area contributed by atoms with E-state index in [1.54, 1.807) is 0 Å². The van der Waals surface area contributed by atoms with Gasteiger partial charge in [0.2, 0.25) is 0 Å². The van der Waals surface area contributed by atoms with Crippen LogP contribution >= 0.6 is 15.9 Å². The third-order valence-electron chi connectivity index (χ3n) is 2.22. The van der Waals surface area contributed by atoms with E-state index in [0.717, 1.165) is 6.07 Å². The number of hydrogen-bond donors (Lipinski definition) is 2. The fourth-order valence-electron chi connectivity index (χ4n) is 1.28. The van der Waals surface area contributed by atoms with Crippen molar-refractivity contribution in [2.45, 2.75) is 19.1 Å². The van der Waals surface area contributed by atoms with Gasteiger partial charge in [0.15, 0.2) is 11.6 Å². The first-order valence-electron chi connectivity index (χ1n) is 4.35. The van der Waals surface area contributed by atoms with Gasteiger partial charge in [0, 0.05) is 5.33 Å².